The van der Waals surface area contributed by atoms with Gasteiger partial charge in [0.15, 0.2) is 0 Å². The van der Waals surface area contributed by atoms with E-state index in [4.69, 9.17) is 4.74 Å². The number of rotatable bonds is 8. The fraction of sp³-hybridized carbons (Fsp3) is 0.444. The highest BCUT2D eigenvalue weighted by Crippen LogP contribution is 2.42. The Labute approximate surface area is 248 Å². The smallest absolute Gasteiger partial charge is 0.415 e. The van der Waals surface area contributed by atoms with E-state index in [0.29, 0.717) is 31.7 Å². The minimum atomic E-state index is -4.07. The summed E-state index contributed by atoms with van der Waals surface area (Å²) in [6, 6.07) is 6.61. The molecule has 1 aromatic carbocycles. The first-order chi connectivity index (χ1) is 19.8. The number of nitrogens with zero attached hydrogens (tertiary/aromatic N) is 4. The van der Waals surface area contributed by atoms with E-state index in [-0.39, 0.29) is 28.8 Å². The quantitative estimate of drug-likeness (QED) is 0.441. The van der Waals surface area contributed by atoms with E-state index in [0.717, 1.165) is 4.31 Å². The number of thioether (sulfide) groups is 1. The Bertz CT molecular complexity index is 1430. The van der Waals surface area contributed by atoms with Crippen molar-refractivity contribution >= 4 is 45.7 Å². The number of carbonyl (C=O) groups is 4. The predicted molar refractivity (Wildman–Crippen MR) is 153 cm³/mol. The van der Waals surface area contributed by atoms with E-state index in [1.165, 1.54) is 60.2 Å². The van der Waals surface area contributed by atoms with Gasteiger partial charge in [-0.3, -0.25) is 14.6 Å². The van der Waals surface area contributed by atoms with E-state index >= 15 is 0 Å². The molecule has 0 radical (unpaired) electrons. The number of piperazine rings is 1. The first-order valence-corrected chi connectivity index (χ1v) is 15.6. The molecule has 0 aliphatic carbocycles. The number of aromatic nitrogens is 1. The van der Waals surface area contributed by atoms with Crippen LogP contribution in [0.25, 0.3) is 0 Å². The van der Waals surface area contributed by atoms with E-state index in [1.54, 1.807) is 30.9 Å². The van der Waals surface area contributed by atoms with Crippen LogP contribution in [0.3, 0.4) is 0 Å². The van der Waals surface area contributed by atoms with Gasteiger partial charge in [-0.05, 0) is 43.7 Å². The van der Waals surface area contributed by atoms with Crippen LogP contribution in [0.15, 0.2) is 53.7 Å². The van der Waals surface area contributed by atoms with Gasteiger partial charge in [0.05, 0.1) is 5.88 Å². The zero-order valence-corrected chi connectivity index (χ0v) is 25.1. The Kier molecular flexibility index (Phi) is 9.43. The number of hydrogen-bond acceptors (Lipinski definition) is 9. The van der Waals surface area contributed by atoms with Crippen molar-refractivity contribution in [3.05, 3.63) is 54.4 Å². The number of nitrogens with one attached hydrogen (secondary N) is 1. The Morgan fingerprint density at radius 1 is 1.10 bits per heavy atom. The summed E-state index contributed by atoms with van der Waals surface area (Å²) in [5.41, 5.74) is 0.553. The van der Waals surface area contributed by atoms with Crippen LogP contribution in [0.1, 0.15) is 26.3 Å². The molecule has 2 aliphatic heterocycles. The maximum absolute atomic E-state index is 13.4. The first kappa shape index (κ1) is 31.3. The number of carboxylic acids is 1. The van der Waals surface area contributed by atoms with Crippen molar-refractivity contribution in [1.82, 2.24) is 24.4 Å². The van der Waals surface area contributed by atoms with Crippen molar-refractivity contribution < 1.29 is 37.4 Å². The lowest BCUT2D eigenvalue weighted by Gasteiger charge is -2.33. The molecule has 2 fully saturated rings. The number of ether oxygens (including phenoxy) is 1. The standard InChI is InChI=1S/C27H33N5O8S2/c1-18(33)30-11-13-31(14-12-30)26(37)40-20-8-6-19(7-9-20)15-22(25(35)36)29-24(34)23-27(2,3)41-17-32(23)42(38,39)21-5-4-10-28-16-21/h4-10,16,22-23H,11-15,17H2,1-3H3,(H,29,34)(H,35,36)/t22-,23+/m0/s1. The Morgan fingerprint density at radius 2 is 1.74 bits per heavy atom. The highest BCUT2D eigenvalue weighted by molar-refractivity contribution is 8.02. The van der Waals surface area contributed by atoms with E-state index < -0.39 is 44.8 Å². The van der Waals surface area contributed by atoms with E-state index in [9.17, 15) is 32.7 Å². The third kappa shape index (κ3) is 7.02. The van der Waals surface area contributed by atoms with Crippen LogP contribution in [0.5, 0.6) is 5.75 Å². The molecule has 1 aromatic heterocycles. The molecule has 13 nitrogen and oxygen atoms in total. The molecule has 226 valence electrons. The minimum absolute atomic E-state index is 0.0205. The molecule has 2 atom stereocenters. The van der Waals surface area contributed by atoms with Gasteiger partial charge in [0.2, 0.25) is 21.8 Å². The molecule has 0 saturated carbocycles. The summed E-state index contributed by atoms with van der Waals surface area (Å²) in [6.07, 6.45) is 2.01. The van der Waals surface area contributed by atoms with Crippen LogP contribution < -0.4 is 10.1 Å². The van der Waals surface area contributed by atoms with Crippen LogP contribution in [0.4, 0.5) is 4.79 Å². The number of hydrogen-bond donors (Lipinski definition) is 2. The van der Waals surface area contributed by atoms with Gasteiger partial charge >= 0.3 is 12.1 Å². The Morgan fingerprint density at radius 3 is 2.31 bits per heavy atom. The summed E-state index contributed by atoms with van der Waals surface area (Å²) in [6.45, 7) is 6.51. The van der Waals surface area contributed by atoms with Crippen LogP contribution in [0.2, 0.25) is 0 Å². The topological polar surface area (TPSA) is 167 Å². The van der Waals surface area contributed by atoms with Gasteiger partial charge in [-0.25, -0.2) is 18.0 Å². The van der Waals surface area contributed by atoms with Crippen molar-refractivity contribution in [3.63, 3.8) is 0 Å². The van der Waals surface area contributed by atoms with Gasteiger partial charge in [-0.2, -0.15) is 4.31 Å². The lowest BCUT2D eigenvalue weighted by atomic mass is 10.0. The number of sulfonamides is 1. The van der Waals surface area contributed by atoms with Gasteiger partial charge in [-0.1, -0.05) is 12.1 Å². The zero-order valence-electron chi connectivity index (χ0n) is 23.4. The maximum atomic E-state index is 13.4. The summed E-state index contributed by atoms with van der Waals surface area (Å²) in [7, 11) is -4.07. The lowest BCUT2D eigenvalue weighted by Crippen LogP contribution is -2.56. The van der Waals surface area contributed by atoms with E-state index in [1.807, 2.05) is 0 Å². The second-order valence-electron chi connectivity index (χ2n) is 10.5. The van der Waals surface area contributed by atoms with Crippen molar-refractivity contribution in [1.29, 1.82) is 0 Å². The third-order valence-electron chi connectivity index (χ3n) is 7.17. The van der Waals surface area contributed by atoms with E-state index in [2.05, 4.69) is 10.3 Å². The average Bonchev–Trinajstić information content (AvgIpc) is 3.29. The fourth-order valence-corrected chi connectivity index (χ4v) is 7.90. The second kappa shape index (κ2) is 12.7. The monoisotopic (exact) mass is 619 g/mol. The Hall–Kier alpha value is -3.69. The highest BCUT2D eigenvalue weighted by atomic mass is 32.2. The molecule has 15 heteroatoms. The largest absolute Gasteiger partial charge is 0.480 e. The fourth-order valence-electron chi connectivity index (χ4n) is 4.77. The molecule has 2 aromatic rings. The SMILES string of the molecule is CC(=O)N1CCN(C(=O)Oc2ccc(C[C@H](NC(=O)[C@H]3N(S(=O)(=O)c4cccnc4)CSC3(C)C)C(=O)O)cc2)CC1. The maximum Gasteiger partial charge on any atom is 0.415 e. The molecule has 42 heavy (non-hydrogen) atoms. The molecule has 2 aliphatic rings. The molecule has 4 rings (SSSR count). The molecular formula is C27H33N5O8S2. The molecule has 2 saturated heterocycles. The summed E-state index contributed by atoms with van der Waals surface area (Å²) in [5, 5.41) is 12.4. The lowest BCUT2D eigenvalue weighted by molar-refractivity contribution is -0.142. The number of aliphatic carboxylic acids is 1. The molecule has 0 unspecified atom stereocenters. The van der Waals surface area contributed by atoms with Gasteiger partial charge in [0.1, 0.15) is 22.7 Å². The van der Waals surface area contributed by atoms with Crippen molar-refractivity contribution in [2.24, 2.45) is 0 Å². The van der Waals surface area contributed by atoms with Crippen molar-refractivity contribution in [2.75, 3.05) is 32.1 Å². The average molecular weight is 620 g/mol. The molecular weight excluding hydrogens is 586 g/mol. The van der Waals surface area contributed by atoms with Crippen LogP contribution in [-0.2, 0) is 30.8 Å². The van der Waals surface area contributed by atoms with Crippen molar-refractivity contribution in [2.45, 2.75) is 48.9 Å². The third-order valence-corrected chi connectivity index (χ3v) is 10.5. The molecule has 3 amide bonds. The second-order valence-corrected chi connectivity index (χ2v) is 14.0. The Balaban J connectivity index is 1.40. The number of carboxylic acid groups (broad SMARTS) is 1. The summed E-state index contributed by atoms with van der Waals surface area (Å²) >= 11 is 1.28. The minimum Gasteiger partial charge on any atom is -0.480 e. The first-order valence-electron chi connectivity index (χ1n) is 13.2. The van der Waals surface area contributed by atoms with Gasteiger partial charge < -0.3 is 25.0 Å². The predicted octanol–water partition coefficient (Wildman–Crippen LogP) is 1.40. The van der Waals surface area contributed by atoms with Gasteiger partial charge in [0, 0.05) is 56.7 Å². The zero-order chi connectivity index (χ0) is 30.7. The van der Waals surface area contributed by atoms with Crippen LogP contribution >= 0.6 is 11.8 Å². The van der Waals surface area contributed by atoms with Gasteiger partial charge in [-0.15, -0.1) is 11.8 Å². The number of benzene rings is 1. The number of carbonyl (C=O) groups excluding carboxylic acids is 3. The normalized spacial score (nSPS) is 19.6. The molecule has 0 spiro atoms. The summed E-state index contributed by atoms with van der Waals surface area (Å²) in [4.78, 5) is 56.5. The molecule has 3 heterocycles. The molecule has 0 bridgehead atoms. The number of amides is 3. The molecule has 2 N–H and O–H groups in total. The van der Waals surface area contributed by atoms with Crippen LogP contribution in [-0.4, -0.2) is 105 Å². The van der Waals surface area contributed by atoms with Crippen molar-refractivity contribution in [3.8, 4) is 5.75 Å². The van der Waals surface area contributed by atoms with Gasteiger partial charge in [0.25, 0.3) is 0 Å². The summed E-state index contributed by atoms with van der Waals surface area (Å²) < 4.78 is 32.3. The summed E-state index contributed by atoms with van der Waals surface area (Å²) in [5.74, 6) is -1.77. The highest BCUT2D eigenvalue weighted by Gasteiger charge is 2.51. The van der Waals surface area contributed by atoms with Crippen LogP contribution in [0, 0.1) is 0 Å². The number of pyridine rings is 1.